The quantitative estimate of drug-likeness (QED) is 0.673. The standard InChI is InChI=1S/C20H18ClFN2O2S/c1-12(13-7-3-5-9-15(13)22)24(2)17(25)11-23-20(26)19-18(21)14-8-4-6-10-16(14)27-19/h3-10,12H,11H2,1-2H3,(H,23,26). The van der Waals surface area contributed by atoms with Gasteiger partial charge in [0.2, 0.25) is 5.91 Å². The Bertz CT molecular complexity index is 1000. The molecule has 1 unspecified atom stereocenters. The van der Waals surface area contributed by atoms with Crippen molar-refractivity contribution in [1.82, 2.24) is 10.2 Å². The van der Waals surface area contributed by atoms with E-state index in [2.05, 4.69) is 5.32 Å². The predicted octanol–water partition coefficient (Wildman–Crippen LogP) is 4.64. The zero-order valence-corrected chi connectivity index (χ0v) is 16.4. The van der Waals surface area contributed by atoms with E-state index >= 15 is 0 Å². The molecule has 3 rings (SSSR count). The van der Waals surface area contributed by atoms with E-state index in [-0.39, 0.29) is 18.3 Å². The Hall–Kier alpha value is -2.44. The number of carbonyl (C=O) groups is 2. The third kappa shape index (κ3) is 3.96. The van der Waals surface area contributed by atoms with Crippen LogP contribution in [0.2, 0.25) is 5.02 Å². The summed E-state index contributed by atoms with van der Waals surface area (Å²) in [5.41, 5.74) is 0.423. The maximum atomic E-state index is 13.9. The molecule has 0 spiro atoms. The van der Waals surface area contributed by atoms with Crippen molar-refractivity contribution in [1.29, 1.82) is 0 Å². The van der Waals surface area contributed by atoms with Crippen molar-refractivity contribution in [3.63, 3.8) is 0 Å². The van der Waals surface area contributed by atoms with Crippen LogP contribution in [0.25, 0.3) is 10.1 Å². The van der Waals surface area contributed by atoms with E-state index in [9.17, 15) is 14.0 Å². The van der Waals surface area contributed by atoms with E-state index in [1.165, 1.54) is 22.3 Å². The third-order valence-corrected chi connectivity index (χ3v) is 6.15. The predicted molar refractivity (Wildman–Crippen MR) is 107 cm³/mol. The van der Waals surface area contributed by atoms with Crippen molar-refractivity contribution in [3.05, 3.63) is 69.8 Å². The minimum atomic E-state index is -0.455. The van der Waals surface area contributed by atoms with Crippen molar-refractivity contribution in [2.75, 3.05) is 13.6 Å². The molecule has 1 atom stereocenters. The Morgan fingerprint density at radius 2 is 1.85 bits per heavy atom. The second-order valence-electron chi connectivity index (χ2n) is 6.13. The lowest BCUT2D eigenvalue weighted by atomic mass is 10.1. The zero-order valence-electron chi connectivity index (χ0n) is 14.8. The minimum absolute atomic E-state index is 0.196. The van der Waals surface area contributed by atoms with E-state index in [4.69, 9.17) is 11.6 Å². The van der Waals surface area contributed by atoms with Gasteiger partial charge in [-0.25, -0.2) is 4.39 Å². The first-order valence-corrected chi connectivity index (χ1v) is 9.55. The molecule has 0 aliphatic heterocycles. The average molecular weight is 405 g/mol. The summed E-state index contributed by atoms with van der Waals surface area (Å²) in [6, 6.07) is 13.3. The molecule has 0 bridgehead atoms. The normalized spacial score (nSPS) is 12.0. The largest absolute Gasteiger partial charge is 0.342 e. The molecule has 2 aromatic carbocycles. The number of halogens is 2. The molecule has 0 fully saturated rings. The first kappa shape index (κ1) is 19.3. The highest BCUT2D eigenvalue weighted by molar-refractivity contribution is 7.21. The maximum Gasteiger partial charge on any atom is 0.263 e. The van der Waals surface area contributed by atoms with E-state index in [0.717, 1.165) is 10.1 Å². The molecule has 4 nitrogen and oxygen atoms in total. The van der Waals surface area contributed by atoms with Crippen LogP contribution in [0.4, 0.5) is 4.39 Å². The van der Waals surface area contributed by atoms with Crippen LogP contribution in [0.5, 0.6) is 0 Å². The first-order chi connectivity index (χ1) is 12.9. The fourth-order valence-electron chi connectivity index (χ4n) is 2.76. The van der Waals surface area contributed by atoms with Gasteiger partial charge in [0.25, 0.3) is 5.91 Å². The van der Waals surface area contributed by atoms with Gasteiger partial charge in [0, 0.05) is 22.7 Å². The summed E-state index contributed by atoms with van der Waals surface area (Å²) < 4.78 is 14.8. The molecule has 3 aromatic rings. The van der Waals surface area contributed by atoms with Crippen LogP contribution in [-0.2, 0) is 4.79 Å². The van der Waals surface area contributed by atoms with Crippen LogP contribution in [0, 0.1) is 5.82 Å². The van der Waals surface area contributed by atoms with Crippen molar-refractivity contribution in [3.8, 4) is 0 Å². The summed E-state index contributed by atoms with van der Waals surface area (Å²) in [5, 5.41) is 3.80. The molecule has 1 N–H and O–H groups in total. The van der Waals surface area contributed by atoms with E-state index in [1.807, 2.05) is 24.3 Å². The van der Waals surface area contributed by atoms with Crippen LogP contribution in [0.15, 0.2) is 48.5 Å². The summed E-state index contributed by atoms with van der Waals surface area (Å²) in [7, 11) is 1.58. The molecular formula is C20H18ClFN2O2S. The fourth-order valence-corrected chi connectivity index (χ4v) is 4.19. The molecule has 2 amide bonds. The monoisotopic (exact) mass is 404 g/mol. The molecule has 140 valence electrons. The Morgan fingerprint density at radius 3 is 2.56 bits per heavy atom. The highest BCUT2D eigenvalue weighted by Gasteiger charge is 2.22. The number of carbonyl (C=O) groups excluding carboxylic acids is 2. The van der Waals surface area contributed by atoms with Gasteiger partial charge in [0.1, 0.15) is 10.7 Å². The highest BCUT2D eigenvalue weighted by Crippen LogP contribution is 2.34. The summed E-state index contributed by atoms with van der Waals surface area (Å²) in [5.74, 6) is -1.09. The Morgan fingerprint density at radius 1 is 1.19 bits per heavy atom. The molecule has 0 saturated heterocycles. The summed E-state index contributed by atoms with van der Waals surface area (Å²) in [4.78, 5) is 26.6. The number of hydrogen-bond donors (Lipinski definition) is 1. The number of benzene rings is 2. The van der Waals surface area contributed by atoms with Crippen LogP contribution >= 0.6 is 22.9 Å². The van der Waals surface area contributed by atoms with Gasteiger partial charge in [0.15, 0.2) is 0 Å². The lowest BCUT2D eigenvalue weighted by Gasteiger charge is -2.25. The van der Waals surface area contributed by atoms with Crippen molar-refractivity contribution < 1.29 is 14.0 Å². The molecule has 0 radical (unpaired) electrons. The summed E-state index contributed by atoms with van der Waals surface area (Å²) in [6.45, 7) is 1.54. The van der Waals surface area contributed by atoms with Gasteiger partial charge in [-0.3, -0.25) is 9.59 Å². The molecule has 1 aromatic heterocycles. The van der Waals surface area contributed by atoms with Crippen molar-refractivity contribution in [2.45, 2.75) is 13.0 Å². The summed E-state index contributed by atoms with van der Waals surface area (Å²) >= 11 is 7.57. The lowest BCUT2D eigenvalue weighted by molar-refractivity contribution is -0.130. The number of hydrogen-bond acceptors (Lipinski definition) is 3. The van der Waals surface area contributed by atoms with Crippen LogP contribution < -0.4 is 5.32 Å². The van der Waals surface area contributed by atoms with Gasteiger partial charge in [0.05, 0.1) is 17.6 Å². The van der Waals surface area contributed by atoms with E-state index in [0.29, 0.717) is 15.5 Å². The van der Waals surface area contributed by atoms with E-state index in [1.54, 1.807) is 32.2 Å². The number of thiophene rings is 1. The molecular weight excluding hydrogens is 387 g/mol. The van der Waals surface area contributed by atoms with Gasteiger partial charge in [-0.1, -0.05) is 48.0 Å². The highest BCUT2D eigenvalue weighted by atomic mass is 35.5. The van der Waals surface area contributed by atoms with Gasteiger partial charge in [-0.2, -0.15) is 0 Å². The maximum absolute atomic E-state index is 13.9. The number of rotatable bonds is 5. The van der Waals surface area contributed by atoms with Gasteiger partial charge < -0.3 is 10.2 Å². The minimum Gasteiger partial charge on any atom is -0.342 e. The van der Waals surface area contributed by atoms with Crippen molar-refractivity contribution >= 4 is 44.8 Å². The van der Waals surface area contributed by atoms with Crippen LogP contribution in [-0.4, -0.2) is 30.3 Å². The second-order valence-corrected chi connectivity index (χ2v) is 7.56. The zero-order chi connectivity index (χ0) is 19.6. The van der Waals surface area contributed by atoms with Crippen molar-refractivity contribution in [2.24, 2.45) is 0 Å². The number of nitrogens with zero attached hydrogens (tertiary/aromatic N) is 1. The topological polar surface area (TPSA) is 49.4 Å². The molecule has 0 saturated carbocycles. The number of nitrogens with one attached hydrogen (secondary N) is 1. The number of likely N-dealkylation sites (N-methyl/N-ethyl adjacent to an activating group) is 1. The lowest BCUT2D eigenvalue weighted by Crippen LogP contribution is -2.39. The smallest absolute Gasteiger partial charge is 0.263 e. The Kier molecular flexibility index (Phi) is 5.77. The number of amides is 2. The van der Waals surface area contributed by atoms with Crippen LogP contribution in [0.1, 0.15) is 28.2 Å². The van der Waals surface area contributed by atoms with Gasteiger partial charge in [-0.15, -0.1) is 11.3 Å². The molecule has 27 heavy (non-hydrogen) atoms. The molecule has 7 heteroatoms. The van der Waals surface area contributed by atoms with E-state index < -0.39 is 11.9 Å². The Balaban J connectivity index is 1.66. The molecule has 1 heterocycles. The molecule has 0 aliphatic rings. The van der Waals surface area contributed by atoms with Gasteiger partial charge >= 0.3 is 0 Å². The van der Waals surface area contributed by atoms with Gasteiger partial charge in [-0.05, 0) is 19.1 Å². The SMILES string of the molecule is CC(c1ccccc1F)N(C)C(=O)CNC(=O)c1sc2ccccc2c1Cl. The molecule has 0 aliphatic carbocycles. The second kappa shape index (κ2) is 8.06. The first-order valence-electron chi connectivity index (χ1n) is 8.35. The Labute approximate surface area is 165 Å². The summed E-state index contributed by atoms with van der Waals surface area (Å²) in [6.07, 6.45) is 0. The third-order valence-electron chi connectivity index (χ3n) is 4.47. The number of fused-ring (bicyclic) bond motifs is 1. The fraction of sp³-hybridized carbons (Fsp3) is 0.200. The average Bonchev–Trinajstić information content (AvgIpc) is 3.02. The van der Waals surface area contributed by atoms with Crippen LogP contribution in [0.3, 0.4) is 0 Å².